The number of ether oxygens (including phenoxy) is 2. The number of benzene rings is 2. The Bertz CT molecular complexity index is 924. The zero-order chi connectivity index (χ0) is 21.1. The Morgan fingerprint density at radius 1 is 1.03 bits per heavy atom. The van der Waals surface area contributed by atoms with Gasteiger partial charge in [0.2, 0.25) is 5.91 Å². The maximum atomic E-state index is 14.6. The smallest absolute Gasteiger partial charge is 0.307 e. The van der Waals surface area contributed by atoms with E-state index in [-0.39, 0.29) is 5.56 Å². The van der Waals surface area contributed by atoms with Crippen molar-refractivity contribution in [3.8, 4) is 22.6 Å². The second-order valence-electron chi connectivity index (χ2n) is 6.85. The number of rotatable bonds is 6. The van der Waals surface area contributed by atoms with Crippen LogP contribution >= 0.6 is 0 Å². The topological polar surface area (TPSA) is 84.9 Å². The fourth-order valence-corrected chi connectivity index (χ4v) is 3.67. The summed E-state index contributed by atoms with van der Waals surface area (Å²) in [6.07, 6.45) is 1.32. The molecule has 1 aliphatic carbocycles. The molecule has 3 rings (SSSR count). The molecule has 2 unspecified atom stereocenters. The molecule has 0 spiro atoms. The zero-order valence-electron chi connectivity index (χ0n) is 16.0. The molecule has 2 aromatic rings. The molecule has 8 heteroatoms. The highest BCUT2D eigenvalue weighted by Gasteiger charge is 2.38. The number of nitrogens with one attached hydrogen (secondary N) is 1. The van der Waals surface area contributed by atoms with Gasteiger partial charge >= 0.3 is 5.97 Å². The lowest BCUT2D eigenvalue weighted by Crippen LogP contribution is -2.30. The van der Waals surface area contributed by atoms with E-state index in [9.17, 15) is 23.5 Å². The average Bonchev–Trinajstić information content (AvgIpc) is 3.20. The van der Waals surface area contributed by atoms with Gasteiger partial charge in [-0.25, -0.2) is 8.78 Å². The van der Waals surface area contributed by atoms with Crippen LogP contribution in [0.2, 0.25) is 0 Å². The molecular formula is C21H21F2NO5. The van der Waals surface area contributed by atoms with Crippen LogP contribution in [0.25, 0.3) is 11.1 Å². The SMILES string of the molecule is COc1ccc(-c2cc(F)c(NC(=O)C3CCCC3C(=O)O)c(F)c2)c(OC)c1. The number of carbonyl (C=O) groups is 2. The van der Waals surface area contributed by atoms with Crippen molar-refractivity contribution < 1.29 is 33.0 Å². The Morgan fingerprint density at radius 3 is 2.28 bits per heavy atom. The summed E-state index contributed by atoms with van der Waals surface area (Å²) in [5.74, 6) is -4.45. The molecule has 2 aromatic carbocycles. The van der Waals surface area contributed by atoms with Crippen LogP contribution in [0.4, 0.5) is 14.5 Å². The molecule has 154 valence electrons. The Balaban J connectivity index is 1.89. The molecule has 1 fully saturated rings. The van der Waals surface area contributed by atoms with Gasteiger partial charge in [0.05, 0.1) is 26.1 Å². The molecule has 6 nitrogen and oxygen atoms in total. The van der Waals surface area contributed by atoms with E-state index in [4.69, 9.17) is 9.47 Å². The van der Waals surface area contributed by atoms with Gasteiger partial charge in [-0.05, 0) is 42.7 Å². The van der Waals surface area contributed by atoms with Crippen molar-refractivity contribution in [2.75, 3.05) is 19.5 Å². The van der Waals surface area contributed by atoms with Gasteiger partial charge in [-0.2, -0.15) is 0 Å². The lowest BCUT2D eigenvalue weighted by atomic mass is 9.95. The molecule has 0 bridgehead atoms. The average molecular weight is 405 g/mol. The Hall–Kier alpha value is -3.16. The Labute approximate surface area is 166 Å². The van der Waals surface area contributed by atoms with Crippen molar-refractivity contribution in [1.82, 2.24) is 0 Å². The number of hydrogen-bond acceptors (Lipinski definition) is 4. The van der Waals surface area contributed by atoms with E-state index in [0.29, 0.717) is 36.3 Å². The number of amides is 1. The third-order valence-electron chi connectivity index (χ3n) is 5.18. The minimum atomic E-state index is -1.08. The first-order chi connectivity index (χ1) is 13.8. The Kier molecular flexibility index (Phi) is 6.00. The highest BCUT2D eigenvalue weighted by molar-refractivity contribution is 5.96. The second-order valence-corrected chi connectivity index (χ2v) is 6.85. The van der Waals surface area contributed by atoms with E-state index in [2.05, 4.69) is 5.32 Å². The van der Waals surface area contributed by atoms with E-state index in [1.165, 1.54) is 14.2 Å². The lowest BCUT2D eigenvalue weighted by molar-refractivity contribution is -0.145. The number of methoxy groups -OCH3 is 2. The highest BCUT2D eigenvalue weighted by Crippen LogP contribution is 2.37. The number of anilines is 1. The van der Waals surface area contributed by atoms with E-state index in [1.807, 2.05) is 0 Å². The summed E-state index contributed by atoms with van der Waals surface area (Å²) in [7, 11) is 2.92. The maximum Gasteiger partial charge on any atom is 0.307 e. The second kappa shape index (κ2) is 8.46. The summed E-state index contributed by atoms with van der Waals surface area (Å²) < 4.78 is 39.7. The van der Waals surface area contributed by atoms with Crippen LogP contribution in [-0.2, 0) is 9.59 Å². The van der Waals surface area contributed by atoms with E-state index in [0.717, 1.165) is 12.1 Å². The minimum absolute atomic E-state index is 0.224. The standard InChI is InChI=1S/C21H21F2NO5/c1-28-12-6-7-13(18(10-12)29-2)11-8-16(22)19(17(23)9-11)24-20(25)14-4-3-5-15(14)21(26)27/h6-10,14-15H,3-5H2,1-2H3,(H,24,25)(H,26,27). The number of aliphatic carboxylic acids is 1. The lowest BCUT2D eigenvalue weighted by Gasteiger charge is -2.17. The molecule has 0 aliphatic heterocycles. The number of halogens is 2. The van der Waals surface area contributed by atoms with E-state index >= 15 is 0 Å². The third-order valence-corrected chi connectivity index (χ3v) is 5.18. The number of carboxylic acid groups (broad SMARTS) is 1. The van der Waals surface area contributed by atoms with Gasteiger partial charge in [0.1, 0.15) is 28.8 Å². The molecule has 0 heterocycles. The van der Waals surface area contributed by atoms with E-state index < -0.39 is 41.0 Å². The quantitative estimate of drug-likeness (QED) is 0.756. The summed E-state index contributed by atoms with van der Waals surface area (Å²) in [5, 5.41) is 11.4. The minimum Gasteiger partial charge on any atom is -0.497 e. The van der Waals surface area contributed by atoms with Crippen LogP contribution in [0.1, 0.15) is 19.3 Å². The molecule has 1 saturated carbocycles. The van der Waals surface area contributed by atoms with E-state index in [1.54, 1.807) is 18.2 Å². The summed E-state index contributed by atoms with van der Waals surface area (Å²) in [6.45, 7) is 0. The molecule has 2 atom stereocenters. The molecular weight excluding hydrogens is 384 g/mol. The van der Waals surface area contributed by atoms with Crippen LogP contribution < -0.4 is 14.8 Å². The first-order valence-electron chi connectivity index (χ1n) is 9.10. The Morgan fingerprint density at radius 2 is 1.69 bits per heavy atom. The number of hydrogen-bond donors (Lipinski definition) is 2. The van der Waals surface area contributed by atoms with Crippen LogP contribution in [0.5, 0.6) is 11.5 Å². The summed E-state index contributed by atoms with van der Waals surface area (Å²) >= 11 is 0. The zero-order valence-corrected chi connectivity index (χ0v) is 16.0. The monoisotopic (exact) mass is 405 g/mol. The van der Waals surface area contributed by atoms with Gasteiger partial charge in [-0.3, -0.25) is 9.59 Å². The van der Waals surface area contributed by atoms with Crippen molar-refractivity contribution in [3.05, 3.63) is 42.0 Å². The van der Waals surface area contributed by atoms with Crippen molar-refractivity contribution in [2.45, 2.75) is 19.3 Å². The number of carbonyl (C=O) groups excluding carboxylic acids is 1. The van der Waals surface area contributed by atoms with Crippen molar-refractivity contribution in [1.29, 1.82) is 0 Å². The largest absolute Gasteiger partial charge is 0.497 e. The summed E-state index contributed by atoms with van der Waals surface area (Å²) in [5.41, 5.74) is 0.0785. The fourth-order valence-electron chi connectivity index (χ4n) is 3.67. The normalized spacial score (nSPS) is 18.3. The molecule has 1 amide bonds. The third kappa shape index (κ3) is 4.16. The van der Waals surface area contributed by atoms with Gasteiger partial charge in [-0.1, -0.05) is 6.42 Å². The summed E-state index contributed by atoms with van der Waals surface area (Å²) in [4.78, 5) is 23.7. The molecule has 1 aliphatic rings. The maximum absolute atomic E-state index is 14.6. The fraction of sp³-hybridized carbons (Fsp3) is 0.333. The first-order valence-corrected chi connectivity index (χ1v) is 9.10. The molecule has 2 N–H and O–H groups in total. The molecule has 0 saturated heterocycles. The van der Waals surface area contributed by atoms with Crippen molar-refractivity contribution >= 4 is 17.6 Å². The van der Waals surface area contributed by atoms with Crippen molar-refractivity contribution in [3.63, 3.8) is 0 Å². The van der Waals surface area contributed by atoms with Gasteiger partial charge in [-0.15, -0.1) is 0 Å². The highest BCUT2D eigenvalue weighted by atomic mass is 19.1. The molecule has 29 heavy (non-hydrogen) atoms. The van der Waals surface area contributed by atoms with Gasteiger partial charge in [0.25, 0.3) is 0 Å². The summed E-state index contributed by atoms with van der Waals surface area (Å²) in [6, 6.07) is 7.02. The predicted molar refractivity (Wildman–Crippen MR) is 102 cm³/mol. The van der Waals surface area contributed by atoms with Gasteiger partial charge in [0.15, 0.2) is 0 Å². The van der Waals surface area contributed by atoms with Crippen LogP contribution in [0.3, 0.4) is 0 Å². The van der Waals surface area contributed by atoms with Crippen molar-refractivity contribution in [2.24, 2.45) is 11.8 Å². The van der Waals surface area contributed by atoms with Crippen LogP contribution in [-0.4, -0.2) is 31.2 Å². The first kappa shape index (κ1) is 20.6. The molecule has 0 aromatic heterocycles. The van der Waals surface area contributed by atoms with Gasteiger partial charge < -0.3 is 19.9 Å². The predicted octanol–water partition coefficient (Wildman–Crippen LogP) is 4.09. The van der Waals surface area contributed by atoms with Gasteiger partial charge in [0, 0.05) is 11.6 Å². The van der Waals surface area contributed by atoms with Crippen LogP contribution in [0.15, 0.2) is 30.3 Å². The van der Waals surface area contributed by atoms with Crippen LogP contribution in [0, 0.1) is 23.5 Å². The number of carboxylic acids is 1. The molecule has 0 radical (unpaired) electrons.